The van der Waals surface area contributed by atoms with Gasteiger partial charge in [-0.15, -0.1) is 0 Å². The van der Waals surface area contributed by atoms with E-state index in [1.165, 1.54) is 0 Å². The maximum atomic E-state index is 6.10. The summed E-state index contributed by atoms with van der Waals surface area (Å²) in [4.78, 5) is 10.9. The van der Waals surface area contributed by atoms with Gasteiger partial charge in [0.1, 0.15) is 5.82 Å². The molecule has 26 heavy (non-hydrogen) atoms. The predicted octanol–water partition coefficient (Wildman–Crippen LogP) is 2.91. The average Bonchev–Trinajstić information content (AvgIpc) is 2.65. The summed E-state index contributed by atoms with van der Waals surface area (Å²) in [7, 11) is 7.20. The SMILES string of the molecule is COc1cc2nc(NCc3ccc(N(C)C)cc3)nc(N)c2cc1OC. The molecule has 0 saturated heterocycles. The van der Waals surface area contributed by atoms with Crippen molar-refractivity contribution in [2.75, 3.05) is 44.3 Å². The average molecular weight is 353 g/mol. The van der Waals surface area contributed by atoms with Crippen LogP contribution < -0.4 is 25.4 Å². The first-order valence-electron chi connectivity index (χ1n) is 8.21. The molecule has 3 aromatic rings. The highest BCUT2D eigenvalue weighted by Crippen LogP contribution is 2.33. The number of methoxy groups -OCH3 is 2. The number of fused-ring (bicyclic) bond motifs is 1. The Labute approximate surface area is 152 Å². The molecule has 0 spiro atoms. The van der Waals surface area contributed by atoms with Gasteiger partial charge in [-0.25, -0.2) is 4.98 Å². The third-order valence-electron chi connectivity index (χ3n) is 4.13. The second-order valence-electron chi connectivity index (χ2n) is 6.07. The van der Waals surface area contributed by atoms with Gasteiger partial charge in [0, 0.05) is 37.8 Å². The van der Waals surface area contributed by atoms with Crippen LogP contribution in [0.3, 0.4) is 0 Å². The Bertz CT molecular complexity index is 910. The van der Waals surface area contributed by atoms with Gasteiger partial charge in [0.2, 0.25) is 5.95 Å². The van der Waals surface area contributed by atoms with E-state index in [1.807, 2.05) is 14.1 Å². The summed E-state index contributed by atoms with van der Waals surface area (Å²) in [5.41, 5.74) is 9.08. The van der Waals surface area contributed by atoms with Gasteiger partial charge in [-0.05, 0) is 23.8 Å². The summed E-state index contributed by atoms with van der Waals surface area (Å²) >= 11 is 0. The van der Waals surface area contributed by atoms with Crippen molar-refractivity contribution in [3.05, 3.63) is 42.0 Å². The highest BCUT2D eigenvalue weighted by molar-refractivity contribution is 5.91. The standard InChI is InChI=1S/C19H23N5O2/c1-24(2)13-7-5-12(6-8-13)11-21-19-22-15-10-17(26-4)16(25-3)9-14(15)18(20)23-19/h5-10H,11H2,1-4H3,(H3,20,21,22,23). The maximum absolute atomic E-state index is 6.10. The van der Waals surface area contributed by atoms with E-state index >= 15 is 0 Å². The molecular formula is C19H23N5O2. The van der Waals surface area contributed by atoms with Gasteiger partial charge in [-0.1, -0.05) is 12.1 Å². The first-order chi connectivity index (χ1) is 12.5. The number of aromatic nitrogens is 2. The molecule has 3 rings (SSSR count). The van der Waals surface area contributed by atoms with Gasteiger partial charge in [0.25, 0.3) is 0 Å². The maximum Gasteiger partial charge on any atom is 0.225 e. The van der Waals surface area contributed by atoms with Gasteiger partial charge in [0.15, 0.2) is 11.5 Å². The fraction of sp³-hybridized carbons (Fsp3) is 0.263. The van der Waals surface area contributed by atoms with E-state index < -0.39 is 0 Å². The summed E-state index contributed by atoms with van der Waals surface area (Å²) in [6.07, 6.45) is 0. The molecule has 7 nitrogen and oxygen atoms in total. The minimum Gasteiger partial charge on any atom is -0.493 e. The van der Waals surface area contributed by atoms with Crippen LogP contribution in [0.4, 0.5) is 17.5 Å². The molecule has 0 aliphatic heterocycles. The van der Waals surface area contributed by atoms with Gasteiger partial charge in [-0.2, -0.15) is 4.98 Å². The normalized spacial score (nSPS) is 10.6. The minimum absolute atomic E-state index is 0.390. The van der Waals surface area contributed by atoms with E-state index in [0.29, 0.717) is 35.3 Å². The lowest BCUT2D eigenvalue weighted by Crippen LogP contribution is -2.09. The highest BCUT2D eigenvalue weighted by Gasteiger charge is 2.11. The number of rotatable bonds is 6. The van der Waals surface area contributed by atoms with E-state index in [0.717, 1.165) is 16.6 Å². The number of anilines is 3. The summed E-state index contributed by atoms with van der Waals surface area (Å²) in [5, 5.41) is 3.95. The lowest BCUT2D eigenvalue weighted by molar-refractivity contribution is 0.356. The molecule has 0 fully saturated rings. The summed E-state index contributed by atoms with van der Waals surface area (Å²) in [6, 6.07) is 11.9. The first-order valence-corrected chi connectivity index (χ1v) is 8.21. The number of nitrogens with two attached hydrogens (primary N) is 1. The van der Waals surface area contributed by atoms with Gasteiger partial charge in [-0.3, -0.25) is 0 Å². The number of ether oxygens (including phenoxy) is 2. The molecule has 7 heteroatoms. The van der Waals surface area contributed by atoms with Crippen LogP contribution in [0.5, 0.6) is 11.5 Å². The molecule has 1 heterocycles. The quantitative estimate of drug-likeness (QED) is 0.705. The first kappa shape index (κ1) is 17.6. The molecule has 0 unspecified atom stereocenters. The van der Waals surface area contributed by atoms with Gasteiger partial charge < -0.3 is 25.4 Å². The van der Waals surface area contributed by atoms with E-state index in [9.17, 15) is 0 Å². The molecule has 0 bridgehead atoms. The van der Waals surface area contributed by atoms with Crippen molar-refractivity contribution >= 4 is 28.4 Å². The summed E-state index contributed by atoms with van der Waals surface area (Å²) < 4.78 is 10.6. The fourth-order valence-corrected chi connectivity index (χ4v) is 2.65. The molecule has 136 valence electrons. The van der Waals surface area contributed by atoms with Crippen LogP contribution in [0, 0.1) is 0 Å². The topological polar surface area (TPSA) is 85.5 Å². The zero-order valence-electron chi connectivity index (χ0n) is 15.4. The minimum atomic E-state index is 0.390. The lowest BCUT2D eigenvalue weighted by atomic mass is 10.2. The van der Waals surface area contributed by atoms with Crippen molar-refractivity contribution in [3.63, 3.8) is 0 Å². The van der Waals surface area contributed by atoms with Crippen LogP contribution in [0.15, 0.2) is 36.4 Å². The number of nitrogens with zero attached hydrogens (tertiary/aromatic N) is 3. The van der Waals surface area contributed by atoms with Crippen LogP contribution in [-0.4, -0.2) is 38.3 Å². The van der Waals surface area contributed by atoms with Gasteiger partial charge in [0.05, 0.1) is 19.7 Å². The Morgan fingerprint density at radius 3 is 2.27 bits per heavy atom. The molecule has 0 radical (unpaired) electrons. The molecule has 1 aromatic heterocycles. The van der Waals surface area contributed by atoms with E-state index in [1.54, 1.807) is 26.4 Å². The molecule has 0 saturated carbocycles. The zero-order chi connectivity index (χ0) is 18.7. The Kier molecular flexibility index (Phi) is 4.97. The van der Waals surface area contributed by atoms with Crippen molar-refractivity contribution in [2.24, 2.45) is 0 Å². The zero-order valence-corrected chi connectivity index (χ0v) is 15.4. The smallest absolute Gasteiger partial charge is 0.225 e. The molecule has 0 aliphatic rings. The van der Waals surface area contributed by atoms with Crippen LogP contribution in [-0.2, 0) is 6.54 Å². The number of nitrogens with one attached hydrogen (secondary N) is 1. The van der Waals surface area contributed by atoms with Gasteiger partial charge >= 0.3 is 0 Å². The fourth-order valence-electron chi connectivity index (χ4n) is 2.65. The molecule has 0 aliphatic carbocycles. The summed E-state index contributed by atoms with van der Waals surface area (Å²) in [5.74, 6) is 2.06. The Morgan fingerprint density at radius 1 is 1.00 bits per heavy atom. The monoisotopic (exact) mass is 353 g/mol. The third kappa shape index (κ3) is 3.56. The number of benzene rings is 2. The summed E-state index contributed by atoms with van der Waals surface area (Å²) in [6.45, 7) is 0.603. The lowest BCUT2D eigenvalue weighted by Gasteiger charge is -2.13. The van der Waals surface area contributed by atoms with Crippen molar-refractivity contribution in [2.45, 2.75) is 6.54 Å². The predicted molar refractivity (Wildman–Crippen MR) is 105 cm³/mol. The van der Waals surface area contributed by atoms with E-state index in [4.69, 9.17) is 15.2 Å². The second-order valence-corrected chi connectivity index (χ2v) is 6.07. The largest absolute Gasteiger partial charge is 0.493 e. The van der Waals surface area contributed by atoms with Crippen LogP contribution in [0.1, 0.15) is 5.56 Å². The van der Waals surface area contributed by atoms with Crippen LogP contribution >= 0.6 is 0 Å². The molecule has 3 N–H and O–H groups in total. The van der Waals surface area contributed by atoms with Crippen molar-refractivity contribution in [1.29, 1.82) is 0 Å². The Morgan fingerprint density at radius 2 is 1.65 bits per heavy atom. The Balaban J connectivity index is 1.84. The highest BCUT2D eigenvalue weighted by atomic mass is 16.5. The van der Waals surface area contributed by atoms with Crippen LogP contribution in [0.25, 0.3) is 10.9 Å². The Hall–Kier alpha value is -3.22. The molecular weight excluding hydrogens is 330 g/mol. The van der Waals surface area contributed by atoms with E-state index in [-0.39, 0.29) is 0 Å². The molecule has 2 aromatic carbocycles. The van der Waals surface area contributed by atoms with Crippen LogP contribution in [0.2, 0.25) is 0 Å². The molecule has 0 atom stereocenters. The number of nitrogen functional groups attached to an aromatic ring is 1. The number of hydrogen-bond donors (Lipinski definition) is 2. The van der Waals surface area contributed by atoms with Crippen molar-refractivity contribution in [3.8, 4) is 11.5 Å². The number of hydrogen-bond acceptors (Lipinski definition) is 7. The second kappa shape index (κ2) is 7.35. The molecule has 0 amide bonds. The van der Waals surface area contributed by atoms with Crippen molar-refractivity contribution in [1.82, 2.24) is 9.97 Å². The third-order valence-corrected chi connectivity index (χ3v) is 4.13. The van der Waals surface area contributed by atoms with Crippen molar-refractivity contribution < 1.29 is 9.47 Å². The van der Waals surface area contributed by atoms with E-state index in [2.05, 4.69) is 44.5 Å².